The van der Waals surface area contributed by atoms with Gasteiger partial charge in [0.25, 0.3) is 0 Å². The van der Waals surface area contributed by atoms with Crippen molar-refractivity contribution in [2.45, 2.75) is 61.8 Å². The minimum Gasteiger partial charge on any atom is -0.339 e. The third-order valence-electron chi connectivity index (χ3n) is 3.79. The van der Waals surface area contributed by atoms with Crippen LogP contribution in [0.2, 0.25) is 5.02 Å². The quantitative estimate of drug-likeness (QED) is 0.164. The second kappa shape index (κ2) is 12.9. The fourth-order valence-electron chi connectivity index (χ4n) is 2.35. The number of nitrogens with one attached hydrogen (secondary N) is 3. The van der Waals surface area contributed by atoms with E-state index in [0.717, 1.165) is 19.3 Å². The molecule has 9 heteroatoms. The molecule has 0 spiro atoms. The minimum absolute atomic E-state index is 0.180. The maximum Gasteiger partial charge on any atom is 0.228 e. The lowest BCUT2D eigenvalue weighted by Gasteiger charge is -2.28. The van der Waals surface area contributed by atoms with E-state index in [-0.39, 0.29) is 11.0 Å². The Balaban J connectivity index is 2.49. The fraction of sp³-hybridized carbons (Fsp3) is 0.556. The van der Waals surface area contributed by atoms with Gasteiger partial charge in [-0.15, -0.1) is 0 Å². The van der Waals surface area contributed by atoms with Gasteiger partial charge < -0.3 is 16.0 Å². The fourth-order valence-corrected chi connectivity index (χ4v) is 3.09. The van der Waals surface area contributed by atoms with Crippen molar-refractivity contribution >= 4 is 75.3 Å². The molecule has 0 aliphatic carbocycles. The van der Waals surface area contributed by atoms with Gasteiger partial charge in [-0.1, -0.05) is 97.6 Å². The molecular weight excluding hydrogens is 448 g/mol. The monoisotopic (exact) mass is 471 g/mol. The van der Waals surface area contributed by atoms with Gasteiger partial charge in [-0.2, -0.15) is 0 Å². The van der Waals surface area contributed by atoms with Gasteiger partial charge in [0, 0.05) is 6.42 Å². The van der Waals surface area contributed by atoms with E-state index in [1.165, 1.54) is 19.3 Å². The maximum absolute atomic E-state index is 12.2. The summed E-state index contributed by atoms with van der Waals surface area (Å²) >= 11 is 29.3. The molecule has 0 heterocycles. The first-order chi connectivity index (χ1) is 12.7. The summed E-state index contributed by atoms with van der Waals surface area (Å²) in [5.74, 6) is -0.199. The molecule has 3 N–H and O–H groups in total. The van der Waals surface area contributed by atoms with Crippen LogP contribution in [-0.4, -0.2) is 21.0 Å². The summed E-state index contributed by atoms with van der Waals surface area (Å²) in [5, 5.41) is 9.10. The molecule has 0 aliphatic rings. The van der Waals surface area contributed by atoms with E-state index in [9.17, 15) is 4.79 Å². The average Bonchev–Trinajstić information content (AvgIpc) is 2.58. The average molecular weight is 473 g/mol. The lowest BCUT2D eigenvalue weighted by atomic mass is 10.1. The minimum atomic E-state index is -1.77. The summed E-state index contributed by atoms with van der Waals surface area (Å²) in [4.78, 5) is 12.2. The largest absolute Gasteiger partial charge is 0.339 e. The first-order valence-electron chi connectivity index (χ1n) is 8.92. The van der Waals surface area contributed by atoms with E-state index in [1.807, 2.05) is 6.07 Å². The Hall–Kier alpha value is -0.460. The summed E-state index contributed by atoms with van der Waals surface area (Å²) in [7, 11) is 0. The zero-order chi connectivity index (χ0) is 20.3. The lowest BCUT2D eigenvalue weighted by molar-refractivity contribution is -0.122. The van der Waals surface area contributed by atoms with Crippen molar-refractivity contribution in [1.82, 2.24) is 10.6 Å². The molecule has 152 valence electrons. The number of anilines is 1. The van der Waals surface area contributed by atoms with Crippen LogP contribution in [0.3, 0.4) is 0 Å². The zero-order valence-electron chi connectivity index (χ0n) is 15.2. The van der Waals surface area contributed by atoms with E-state index in [2.05, 4.69) is 22.9 Å². The molecular formula is C18H25Cl4N3OS. The third-order valence-corrected chi connectivity index (χ3v) is 4.99. The normalized spacial score (nSPS) is 12.3. The van der Waals surface area contributed by atoms with Crippen LogP contribution in [0, 0.1) is 0 Å². The summed E-state index contributed by atoms with van der Waals surface area (Å²) in [5.41, 5.74) is 0.609. The molecule has 1 unspecified atom stereocenters. The highest BCUT2D eigenvalue weighted by molar-refractivity contribution is 7.80. The van der Waals surface area contributed by atoms with Crippen molar-refractivity contribution in [2.24, 2.45) is 0 Å². The SMILES string of the molecule is CCCCCCCCC(=O)NC(NC(=S)Nc1ccccc1Cl)C(Cl)(Cl)Cl. The molecule has 0 aromatic heterocycles. The Kier molecular flexibility index (Phi) is 11.7. The van der Waals surface area contributed by atoms with Gasteiger partial charge in [0.05, 0.1) is 10.7 Å². The number of hydrogen-bond donors (Lipinski definition) is 3. The van der Waals surface area contributed by atoms with Gasteiger partial charge in [0.2, 0.25) is 9.70 Å². The van der Waals surface area contributed by atoms with Crippen LogP contribution in [0.25, 0.3) is 0 Å². The highest BCUT2D eigenvalue weighted by Crippen LogP contribution is 2.29. The van der Waals surface area contributed by atoms with Crippen molar-refractivity contribution in [3.63, 3.8) is 0 Å². The van der Waals surface area contributed by atoms with Gasteiger partial charge in [-0.25, -0.2) is 0 Å². The Bertz CT molecular complexity index is 611. The number of carbonyl (C=O) groups excluding carboxylic acids is 1. The number of rotatable bonds is 10. The second-order valence-electron chi connectivity index (χ2n) is 6.14. The van der Waals surface area contributed by atoms with Crippen molar-refractivity contribution in [3.8, 4) is 0 Å². The van der Waals surface area contributed by atoms with Crippen molar-refractivity contribution in [1.29, 1.82) is 0 Å². The highest BCUT2D eigenvalue weighted by Gasteiger charge is 2.34. The summed E-state index contributed by atoms with van der Waals surface area (Å²) < 4.78 is -1.77. The van der Waals surface area contributed by atoms with Gasteiger partial charge >= 0.3 is 0 Å². The van der Waals surface area contributed by atoms with Crippen LogP contribution in [0.15, 0.2) is 24.3 Å². The Morgan fingerprint density at radius 2 is 1.70 bits per heavy atom. The molecule has 1 amide bonds. The van der Waals surface area contributed by atoms with Crippen LogP contribution >= 0.6 is 58.6 Å². The first kappa shape index (κ1) is 24.6. The Labute approximate surface area is 186 Å². The number of hydrogen-bond acceptors (Lipinski definition) is 2. The summed E-state index contributed by atoms with van der Waals surface area (Å²) in [6, 6.07) is 7.10. The number of unbranched alkanes of at least 4 members (excludes halogenated alkanes) is 5. The van der Waals surface area contributed by atoms with E-state index in [0.29, 0.717) is 17.1 Å². The molecule has 1 aromatic rings. The molecule has 0 bridgehead atoms. The van der Waals surface area contributed by atoms with Gasteiger partial charge in [-0.3, -0.25) is 4.79 Å². The van der Waals surface area contributed by atoms with E-state index < -0.39 is 9.96 Å². The molecule has 4 nitrogen and oxygen atoms in total. The number of amides is 1. The molecule has 1 atom stereocenters. The standard InChI is InChI=1S/C18H25Cl4N3OS/c1-2-3-4-5-6-7-12-15(26)24-16(18(20,21)22)25-17(27)23-14-11-9-8-10-13(14)19/h8-11,16H,2-7,12H2,1H3,(H,24,26)(H2,23,25,27). The predicted octanol–water partition coefficient (Wildman–Crippen LogP) is 6.19. The van der Waals surface area contributed by atoms with Gasteiger partial charge in [0.15, 0.2) is 5.11 Å². The van der Waals surface area contributed by atoms with Crippen LogP contribution in [0.5, 0.6) is 0 Å². The number of alkyl halides is 3. The number of thiocarbonyl (C=S) groups is 1. The number of para-hydroxylation sites is 1. The van der Waals surface area contributed by atoms with E-state index >= 15 is 0 Å². The van der Waals surface area contributed by atoms with E-state index in [4.69, 9.17) is 58.6 Å². The Morgan fingerprint density at radius 3 is 2.33 bits per heavy atom. The smallest absolute Gasteiger partial charge is 0.228 e. The highest BCUT2D eigenvalue weighted by atomic mass is 35.6. The molecule has 0 radical (unpaired) electrons. The van der Waals surface area contributed by atoms with Crippen molar-refractivity contribution < 1.29 is 4.79 Å². The van der Waals surface area contributed by atoms with Gasteiger partial charge in [-0.05, 0) is 30.8 Å². The number of carbonyl (C=O) groups is 1. The molecule has 0 saturated heterocycles. The summed E-state index contributed by atoms with van der Waals surface area (Å²) in [6.07, 6.45) is 5.93. The molecule has 1 rings (SSSR count). The van der Waals surface area contributed by atoms with Crippen LogP contribution in [-0.2, 0) is 4.79 Å². The summed E-state index contributed by atoms with van der Waals surface area (Å²) in [6.45, 7) is 2.17. The van der Waals surface area contributed by atoms with Crippen LogP contribution in [0.4, 0.5) is 5.69 Å². The first-order valence-corrected chi connectivity index (χ1v) is 10.8. The second-order valence-corrected chi connectivity index (χ2v) is 9.32. The number of halogens is 4. The Morgan fingerprint density at radius 1 is 1.07 bits per heavy atom. The van der Waals surface area contributed by atoms with Gasteiger partial charge in [0.1, 0.15) is 6.17 Å². The van der Waals surface area contributed by atoms with Crippen LogP contribution < -0.4 is 16.0 Å². The van der Waals surface area contributed by atoms with Crippen LogP contribution in [0.1, 0.15) is 51.9 Å². The van der Waals surface area contributed by atoms with Crippen molar-refractivity contribution in [2.75, 3.05) is 5.32 Å². The third kappa shape index (κ3) is 10.6. The zero-order valence-corrected chi connectivity index (χ0v) is 19.0. The van der Waals surface area contributed by atoms with E-state index in [1.54, 1.807) is 18.2 Å². The molecule has 27 heavy (non-hydrogen) atoms. The van der Waals surface area contributed by atoms with Crippen molar-refractivity contribution in [3.05, 3.63) is 29.3 Å². The topological polar surface area (TPSA) is 53.2 Å². The maximum atomic E-state index is 12.2. The molecule has 1 aromatic carbocycles. The molecule has 0 saturated carbocycles. The number of benzene rings is 1. The lowest BCUT2D eigenvalue weighted by Crippen LogP contribution is -2.56. The predicted molar refractivity (Wildman–Crippen MR) is 121 cm³/mol. The molecule has 0 aliphatic heterocycles. The molecule has 0 fully saturated rings.